The summed E-state index contributed by atoms with van der Waals surface area (Å²) >= 11 is 0. The summed E-state index contributed by atoms with van der Waals surface area (Å²) < 4.78 is 21.1. The van der Waals surface area contributed by atoms with Crippen LogP contribution in [-0.4, -0.2) is 78.1 Å². The van der Waals surface area contributed by atoms with Crippen molar-refractivity contribution in [1.82, 2.24) is 78.1 Å². The average Bonchev–Trinajstić information content (AvgIpc) is 0.774. The molecule has 0 fully saturated rings. The highest BCUT2D eigenvalue weighted by Crippen LogP contribution is 2.30. The average molecular weight is 1500 g/mol. The van der Waals surface area contributed by atoms with E-state index in [9.17, 15) is 42.7 Å². The molecule has 0 atom stereocenters. The summed E-state index contributed by atoms with van der Waals surface area (Å²) in [6.45, 7) is 24.8. The molecule has 0 amide bonds. The number of nitrogens with zero attached hydrogens (tertiary/aromatic N) is 12. The Bertz CT molecular complexity index is 6250. The zero-order valence-corrected chi connectivity index (χ0v) is 64.4. The minimum Gasteiger partial charge on any atom is -0.322 e. The molecule has 0 aromatic heterocycles. The van der Waals surface area contributed by atoms with E-state index < -0.39 is 45.0 Å². The first kappa shape index (κ1) is 77.0. The molecule has 0 bridgehead atoms. The summed E-state index contributed by atoms with van der Waals surface area (Å²) in [4.78, 5) is 139. The van der Waals surface area contributed by atoms with Crippen molar-refractivity contribution in [3.8, 4) is 46.1 Å². The van der Waals surface area contributed by atoms with Crippen molar-refractivity contribution in [3.05, 3.63) is 318 Å². The van der Waals surface area contributed by atoms with Crippen LogP contribution >= 0.6 is 0 Å². The lowest BCUT2D eigenvalue weighted by Gasteiger charge is -2.17. The van der Waals surface area contributed by atoms with Crippen molar-refractivity contribution in [1.29, 1.82) is 0 Å². The molecule has 0 saturated carbocycles. The van der Waals surface area contributed by atoms with Gasteiger partial charge in [0.05, 0.1) is 44.1 Å². The van der Waals surface area contributed by atoms with Gasteiger partial charge in [-0.3, -0.25) is 39.1 Å². The van der Waals surface area contributed by atoms with E-state index in [1.165, 1.54) is 45.5 Å². The van der Waals surface area contributed by atoms with Crippen LogP contribution in [0.2, 0.25) is 0 Å². The quantitative estimate of drug-likeness (QED) is 0.0653. The Morgan fingerprint density at radius 3 is 0.812 bits per heavy atom. The molecule has 8 aliphatic heterocycles. The molecule has 0 spiro atoms. The van der Waals surface area contributed by atoms with Crippen LogP contribution in [0, 0.1) is 82.0 Å². The number of nitrogens with one attached hydrogen (secondary N) is 4. The maximum Gasteiger partial charge on any atom is 0.349 e. The van der Waals surface area contributed by atoms with Gasteiger partial charge in [0.1, 0.15) is 5.82 Å². The molecule has 0 radical (unpaired) electrons. The zero-order valence-electron chi connectivity index (χ0n) is 64.4. The topological polar surface area (TPSA) is 323 Å². The summed E-state index contributed by atoms with van der Waals surface area (Å²) in [6.07, 6.45) is 6.63. The lowest BCUT2D eigenvalue weighted by Crippen LogP contribution is -2.29. The molecule has 16 rings (SSSR count). The van der Waals surface area contributed by atoms with Gasteiger partial charge in [-0.2, -0.15) is 19.9 Å². The van der Waals surface area contributed by atoms with Gasteiger partial charge < -0.3 is 18.3 Å². The Kier molecular flexibility index (Phi) is 22.6. The molecule has 0 aliphatic carbocycles. The predicted molar refractivity (Wildman–Crippen MR) is 435 cm³/mol. The van der Waals surface area contributed by atoms with E-state index >= 15 is 0 Å². The van der Waals surface area contributed by atoms with E-state index in [1.54, 1.807) is 6.07 Å². The van der Waals surface area contributed by atoms with Crippen molar-refractivity contribution in [3.63, 3.8) is 0 Å². The zero-order chi connectivity index (χ0) is 79.3. The third kappa shape index (κ3) is 17.3. The molecule has 8 aromatic rings. The summed E-state index contributed by atoms with van der Waals surface area (Å²) in [5.74, 6) is 1.03. The molecule has 24 nitrogen and oxygen atoms in total. The van der Waals surface area contributed by atoms with Crippen molar-refractivity contribution in [2.24, 2.45) is 0 Å². The number of aromatic nitrogens is 16. The molecule has 8 aromatic carbocycles. The number of aryl methyl sites for hydroxylation is 19. The van der Waals surface area contributed by atoms with E-state index in [1.807, 2.05) is 110 Å². The monoisotopic (exact) mass is 1500 g/mol. The fourth-order valence-corrected chi connectivity index (χ4v) is 13.9. The fraction of sp³-hybridized carbons (Fsp3) is 0.264. The molecule has 568 valence electrons. The van der Waals surface area contributed by atoms with E-state index in [2.05, 4.69) is 172 Å². The van der Waals surface area contributed by atoms with Crippen molar-refractivity contribution in [2.45, 2.75) is 154 Å². The Morgan fingerprint density at radius 1 is 0.277 bits per heavy atom. The standard InChI is InChI=1S/3C22H22N4O2.C21H19FN4O2/c1-13-6-4-7-16(10-13)8-5-9-26-18-12-15(3)14(2)11-17(18)23-19-20(26)24-22(28)25-21(19)27;2*1-13-6-8-16(9-7-13)5-4-10-26-18-12-15(3)14(2)11-17(18)23-19-20(26)24-22(28)25-21(19)27;1-12-9-16-17(10-13(12)2)26(8-4-6-14-5-3-7-15(22)11-14)19-18(23-16)20(27)25-21(28)24-19/h4,6-7,10-12H,5,8-9H2,1-3H3,(H,25,27,28);2*6-9,11-12H,4-5,10H2,1-3H3,(H,25,27,28);3,5,7,9-11H,4,6,8H2,1-2H3,(H,25,27,28). The number of aromatic amines is 4. The van der Waals surface area contributed by atoms with Crippen LogP contribution in [0.25, 0.3) is 90.2 Å². The SMILES string of the molecule is Cc1cc2nc3c(=O)[nH]c(=O)nc-3n(CCCc3cccc(F)c3)c2cc1C.Cc1ccc(CCCn2c3nc(=O)[nH]c(=O)c-3nc3cc(C)c(C)cc32)cc1.Cc1ccc(CCCn2c3nc(=O)[nH]c(=O)c-3nc3cc(C)c(C)cc32)cc1.Cc1cccc(CCCn2c3nc(=O)[nH]c(=O)c-3nc3cc(C)c(C)cc32)c1. The molecular formula is C87H85FN16O8. The molecule has 8 aliphatic rings. The highest BCUT2D eigenvalue weighted by atomic mass is 19.1. The molecule has 0 saturated heterocycles. The van der Waals surface area contributed by atoms with Crippen LogP contribution < -0.4 is 45.0 Å². The van der Waals surface area contributed by atoms with Crippen LogP contribution in [0.4, 0.5) is 4.39 Å². The minimum absolute atomic E-state index is 0.140. The maximum absolute atomic E-state index is 13.4. The van der Waals surface area contributed by atoms with Gasteiger partial charge in [0.2, 0.25) is 0 Å². The number of halogens is 1. The van der Waals surface area contributed by atoms with Crippen molar-refractivity contribution in [2.75, 3.05) is 0 Å². The van der Waals surface area contributed by atoms with Crippen molar-refractivity contribution >= 4 is 44.1 Å². The Hall–Kier alpha value is -13.2. The van der Waals surface area contributed by atoms with Gasteiger partial charge in [0.25, 0.3) is 22.2 Å². The van der Waals surface area contributed by atoms with Crippen molar-refractivity contribution < 1.29 is 4.39 Å². The second kappa shape index (κ2) is 32.9. The lowest BCUT2D eigenvalue weighted by molar-refractivity contribution is 0.618. The van der Waals surface area contributed by atoms with Crippen LogP contribution in [0.15, 0.2) is 184 Å². The summed E-state index contributed by atoms with van der Waals surface area (Å²) in [7, 11) is 0. The minimum atomic E-state index is -0.693. The van der Waals surface area contributed by atoms with Crippen LogP contribution in [0.1, 0.15) is 109 Å². The number of H-pyrrole nitrogens is 4. The normalized spacial score (nSPS) is 11.4. The maximum atomic E-state index is 13.4. The van der Waals surface area contributed by atoms with E-state index in [4.69, 9.17) is 0 Å². The largest absolute Gasteiger partial charge is 0.349 e. The molecule has 112 heavy (non-hydrogen) atoms. The first-order chi connectivity index (χ1) is 53.7. The highest BCUT2D eigenvalue weighted by Gasteiger charge is 2.24. The van der Waals surface area contributed by atoms with Gasteiger partial charge in [0.15, 0.2) is 46.1 Å². The predicted octanol–water partition coefficient (Wildman–Crippen LogP) is 12.4. The molecule has 25 heteroatoms. The number of hydrogen-bond donors (Lipinski definition) is 4. The number of rotatable bonds is 16. The van der Waals surface area contributed by atoms with Gasteiger partial charge in [-0.25, -0.2) is 43.5 Å². The third-order valence-electron chi connectivity index (χ3n) is 20.5. The van der Waals surface area contributed by atoms with E-state index in [-0.39, 0.29) is 34.4 Å². The van der Waals surface area contributed by atoms with E-state index in [0.29, 0.717) is 62.0 Å². The first-order valence-corrected chi connectivity index (χ1v) is 37.3. The Morgan fingerprint density at radius 2 is 0.536 bits per heavy atom. The fourth-order valence-electron chi connectivity index (χ4n) is 13.9. The van der Waals surface area contributed by atoms with Crippen LogP contribution in [-0.2, 0) is 51.9 Å². The second-order valence-corrected chi connectivity index (χ2v) is 28.9. The van der Waals surface area contributed by atoms with Crippen LogP contribution in [0.5, 0.6) is 0 Å². The lowest BCUT2D eigenvalue weighted by atomic mass is 10.1. The van der Waals surface area contributed by atoms with E-state index in [0.717, 1.165) is 127 Å². The summed E-state index contributed by atoms with van der Waals surface area (Å²) in [6, 6.07) is 47.9. The van der Waals surface area contributed by atoms with Gasteiger partial charge in [-0.1, -0.05) is 102 Å². The Balaban J connectivity index is 0.000000131. The molecular weight excluding hydrogens is 1420 g/mol. The number of benzene rings is 8. The number of fused-ring (bicyclic) bond motifs is 8. The Labute approximate surface area is 641 Å². The smallest absolute Gasteiger partial charge is 0.322 e. The molecule has 4 N–H and O–H groups in total. The third-order valence-corrected chi connectivity index (χ3v) is 20.5. The molecule has 0 unspecified atom stereocenters. The molecule has 8 heterocycles. The first-order valence-electron chi connectivity index (χ1n) is 37.3. The van der Waals surface area contributed by atoms with Crippen LogP contribution in [0.3, 0.4) is 0 Å². The van der Waals surface area contributed by atoms with Gasteiger partial charge >= 0.3 is 22.8 Å². The van der Waals surface area contributed by atoms with Gasteiger partial charge in [-0.05, 0) is 255 Å². The summed E-state index contributed by atoms with van der Waals surface area (Å²) in [5, 5.41) is 0. The second-order valence-electron chi connectivity index (χ2n) is 28.9. The highest BCUT2D eigenvalue weighted by molar-refractivity contribution is 5.84. The summed E-state index contributed by atoms with van der Waals surface area (Å²) in [5.41, 5.74) is 19.7. The number of hydrogen-bond acceptors (Lipinski definition) is 16. The van der Waals surface area contributed by atoms with Gasteiger partial charge in [0, 0.05) is 26.2 Å². The van der Waals surface area contributed by atoms with Gasteiger partial charge in [-0.15, -0.1) is 0 Å².